The number of ether oxygens (including phenoxy) is 3. The number of anilines is 1. The second-order valence-electron chi connectivity index (χ2n) is 7.90. The molecule has 0 fully saturated rings. The topological polar surface area (TPSA) is 101 Å². The van der Waals surface area contributed by atoms with Crippen molar-refractivity contribution in [3.05, 3.63) is 95.7 Å². The number of nitrogens with zero attached hydrogens (tertiary/aromatic N) is 2. The molecule has 3 aromatic rings. The van der Waals surface area contributed by atoms with E-state index in [4.69, 9.17) is 21.7 Å². The largest absolute Gasteiger partial charge is 0.494 e. The highest BCUT2D eigenvalue weighted by Gasteiger charge is 2.32. The zero-order valence-corrected chi connectivity index (χ0v) is 21.7. The Morgan fingerprint density at radius 1 is 1.00 bits per heavy atom. The minimum absolute atomic E-state index is 0.161. The molecule has 1 heterocycles. The van der Waals surface area contributed by atoms with Gasteiger partial charge in [0.1, 0.15) is 17.2 Å². The van der Waals surface area contributed by atoms with Gasteiger partial charge in [-0.3, -0.25) is 10.2 Å². The molecule has 1 aliphatic heterocycles. The maximum atomic E-state index is 13.5. The first-order valence-electron chi connectivity index (χ1n) is 11.8. The number of amides is 1. The number of amidine groups is 1. The number of esters is 1. The predicted octanol–water partition coefficient (Wildman–Crippen LogP) is 4.17. The van der Waals surface area contributed by atoms with E-state index < -0.39 is 11.9 Å². The van der Waals surface area contributed by atoms with Crippen molar-refractivity contribution >= 4 is 46.8 Å². The van der Waals surface area contributed by atoms with E-state index in [1.807, 2.05) is 61.5 Å². The van der Waals surface area contributed by atoms with Crippen LogP contribution in [0.4, 0.5) is 5.69 Å². The van der Waals surface area contributed by atoms with Gasteiger partial charge in [-0.2, -0.15) is 5.01 Å². The maximum absolute atomic E-state index is 13.5. The Balaban J connectivity index is 1.58. The molecule has 0 saturated heterocycles. The number of para-hydroxylation sites is 1. The standard InChI is InChI=1S/C28H26N4O5S/c1-3-36-22-15-13-21(14-16-22)29-28(38)31-32-26(19-9-5-4-6-10-19)30-23(27(32)34)17-20-11-7-8-12-24(20)37-18-25(33)35-2/h4-17H,3,18H2,1-2H3,(H2,29,31,38)/b23-17-. The highest BCUT2D eigenvalue weighted by Crippen LogP contribution is 2.26. The first kappa shape index (κ1) is 26.4. The minimum Gasteiger partial charge on any atom is -0.494 e. The molecule has 194 valence electrons. The van der Waals surface area contributed by atoms with Crippen LogP contribution in [-0.2, 0) is 14.3 Å². The van der Waals surface area contributed by atoms with Crippen LogP contribution < -0.4 is 20.2 Å². The van der Waals surface area contributed by atoms with Crippen LogP contribution in [0.3, 0.4) is 0 Å². The molecular formula is C28H26N4O5S. The number of hydrogen-bond acceptors (Lipinski definition) is 7. The molecule has 38 heavy (non-hydrogen) atoms. The second-order valence-corrected chi connectivity index (χ2v) is 8.31. The average molecular weight is 531 g/mol. The Morgan fingerprint density at radius 2 is 1.71 bits per heavy atom. The number of carbonyl (C=O) groups excluding carboxylic acids is 2. The lowest BCUT2D eigenvalue weighted by molar-refractivity contribution is -0.142. The molecule has 0 bridgehead atoms. The summed E-state index contributed by atoms with van der Waals surface area (Å²) in [6, 6.07) is 23.6. The predicted molar refractivity (Wildman–Crippen MR) is 149 cm³/mol. The highest BCUT2D eigenvalue weighted by molar-refractivity contribution is 7.80. The Hall–Kier alpha value is -4.70. The van der Waals surface area contributed by atoms with Gasteiger partial charge in [-0.1, -0.05) is 48.5 Å². The van der Waals surface area contributed by atoms with E-state index in [-0.39, 0.29) is 17.4 Å². The molecule has 9 nitrogen and oxygen atoms in total. The van der Waals surface area contributed by atoms with Crippen LogP contribution in [0, 0.1) is 0 Å². The fourth-order valence-electron chi connectivity index (χ4n) is 3.54. The summed E-state index contributed by atoms with van der Waals surface area (Å²) in [5, 5.41) is 4.57. The molecule has 1 amide bonds. The van der Waals surface area contributed by atoms with Crippen LogP contribution in [0.2, 0.25) is 0 Å². The van der Waals surface area contributed by atoms with Crippen molar-refractivity contribution in [1.82, 2.24) is 10.4 Å². The third-order valence-corrected chi connectivity index (χ3v) is 5.51. The molecule has 1 aliphatic rings. The van der Waals surface area contributed by atoms with Crippen molar-refractivity contribution in [2.24, 2.45) is 4.99 Å². The van der Waals surface area contributed by atoms with Crippen LogP contribution >= 0.6 is 12.2 Å². The van der Waals surface area contributed by atoms with Gasteiger partial charge in [0, 0.05) is 16.8 Å². The summed E-state index contributed by atoms with van der Waals surface area (Å²) in [4.78, 5) is 29.6. The normalized spacial score (nSPS) is 13.6. The van der Waals surface area contributed by atoms with Crippen molar-refractivity contribution in [1.29, 1.82) is 0 Å². The number of nitrogens with one attached hydrogen (secondary N) is 2. The molecule has 0 aromatic heterocycles. The van der Waals surface area contributed by atoms with Gasteiger partial charge in [-0.25, -0.2) is 9.79 Å². The van der Waals surface area contributed by atoms with Crippen LogP contribution in [0.25, 0.3) is 6.08 Å². The Morgan fingerprint density at radius 3 is 2.42 bits per heavy atom. The molecule has 0 spiro atoms. The molecule has 4 rings (SSSR count). The van der Waals surface area contributed by atoms with Crippen LogP contribution in [0.1, 0.15) is 18.1 Å². The number of rotatable bonds is 9. The smallest absolute Gasteiger partial charge is 0.343 e. The second kappa shape index (κ2) is 12.5. The molecule has 0 aliphatic carbocycles. The number of carbonyl (C=O) groups is 2. The van der Waals surface area contributed by atoms with E-state index in [1.165, 1.54) is 12.1 Å². The molecular weight excluding hydrogens is 504 g/mol. The maximum Gasteiger partial charge on any atom is 0.343 e. The van der Waals surface area contributed by atoms with Gasteiger partial charge in [-0.15, -0.1) is 0 Å². The number of methoxy groups -OCH3 is 1. The summed E-state index contributed by atoms with van der Waals surface area (Å²) < 4.78 is 15.7. The minimum atomic E-state index is -0.516. The molecule has 3 aromatic carbocycles. The summed E-state index contributed by atoms with van der Waals surface area (Å²) in [6.45, 7) is 2.23. The Kier molecular flexibility index (Phi) is 8.68. The first-order chi connectivity index (χ1) is 18.5. The van der Waals surface area contributed by atoms with E-state index in [1.54, 1.807) is 30.3 Å². The molecule has 10 heteroatoms. The van der Waals surface area contributed by atoms with Gasteiger partial charge in [0.15, 0.2) is 17.6 Å². The summed E-state index contributed by atoms with van der Waals surface area (Å²) in [5.74, 6) is 0.607. The van der Waals surface area contributed by atoms with Gasteiger partial charge in [0.05, 0.1) is 13.7 Å². The highest BCUT2D eigenvalue weighted by atomic mass is 32.1. The Bertz CT molecular complexity index is 1370. The summed E-state index contributed by atoms with van der Waals surface area (Å²) >= 11 is 5.49. The summed E-state index contributed by atoms with van der Waals surface area (Å²) in [5.41, 5.74) is 5.13. The van der Waals surface area contributed by atoms with E-state index in [0.29, 0.717) is 23.8 Å². The molecule has 2 N–H and O–H groups in total. The zero-order valence-electron chi connectivity index (χ0n) is 20.8. The molecule has 0 unspecified atom stereocenters. The average Bonchev–Trinajstić information content (AvgIpc) is 3.24. The van der Waals surface area contributed by atoms with Gasteiger partial charge < -0.3 is 19.5 Å². The van der Waals surface area contributed by atoms with E-state index in [0.717, 1.165) is 17.0 Å². The van der Waals surface area contributed by atoms with Crippen LogP contribution in [0.5, 0.6) is 11.5 Å². The number of hydrogen-bond donors (Lipinski definition) is 2. The van der Waals surface area contributed by atoms with Gasteiger partial charge in [0.2, 0.25) is 0 Å². The number of thiocarbonyl (C=S) groups is 1. The van der Waals surface area contributed by atoms with Crippen molar-refractivity contribution in [2.75, 3.05) is 25.6 Å². The summed E-state index contributed by atoms with van der Waals surface area (Å²) in [6.07, 6.45) is 1.60. The van der Waals surface area contributed by atoms with Crippen molar-refractivity contribution in [2.45, 2.75) is 6.92 Å². The Labute approximate surface area is 225 Å². The van der Waals surface area contributed by atoms with Gasteiger partial charge >= 0.3 is 5.97 Å². The lowest BCUT2D eigenvalue weighted by Gasteiger charge is -2.21. The van der Waals surface area contributed by atoms with E-state index >= 15 is 0 Å². The number of benzene rings is 3. The molecule has 0 atom stereocenters. The van der Waals surface area contributed by atoms with Gasteiger partial charge in [-0.05, 0) is 55.5 Å². The quantitative estimate of drug-likeness (QED) is 0.242. The number of aliphatic imine (C=N–C) groups is 1. The van der Waals surface area contributed by atoms with E-state index in [2.05, 4.69) is 20.5 Å². The molecule has 0 radical (unpaired) electrons. The lowest BCUT2D eigenvalue weighted by Crippen LogP contribution is -2.48. The third-order valence-electron chi connectivity index (χ3n) is 5.31. The fourth-order valence-corrected chi connectivity index (χ4v) is 3.75. The monoisotopic (exact) mass is 530 g/mol. The third kappa shape index (κ3) is 6.54. The van der Waals surface area contributed by atoms with Crippen molar-refractivity contribution in [3.8, 4) is 11.5 Å². The molecule has 0 saturated carbocycles. The summed E-state index contributed by atoms with van der Waals surface area (Å²) in [7, 11) is 1.29. The SMILES string of the molecule is CCOc1ccc(NC(=S)NN2C(=O)/C(=C/c3ccccc3OCC(=O)OC)N=C2c2ccccc2)cc1. The first-order valence-corrected chi connectivity index (χ1v) is 12.2. The number of hydrazine groups is 1. The van der Waals surface area contributed by atoms with Crippen molar-refractivity contribution in [3.63, 3.8) is 0 Å². The zero-order chi connectivity index (χ0) is 26.9. The van der Waals surface area contributed by atoms with E-state index in [9.17, 15) is 9.59 Å². The van der Waals surface area contributed by atoms with Crippen molar-refractivity contribution < 1.29 is 23.8 Å². The van der Waals surface area contributed by atoms with Crippen LogP contribution in [-0.4, -0.2) is 48.2 Å². The fraction of sp³-hybridized carbons (Fsp3) is 0.143. The van der Waals surface area contributed by atoms with Crippen LogP contribution in [0.15, 0.2) is 89.6 Å². The lowest BCUT2D eigenvalue weighted by atomic mass is 10.1. The van der Waals surface area contributed by atoms with Gasteiger partial charge in [0.25, 0.3) is 5.91 Å².